The molecule has 1 aromatic carbocycles. The Morgan fingerprint density at radius 2 is 2.27 bits per heavy atom. The molecule has 1 aromatic rings. The van der Waals surface area contributed by atoms with Crippen LogP contribution in [0.25, 0.3) is 0 Å². The quantitative estimate of drug-likeness (QED) is 0.511. The third-order valence-corrected chi connectivity index (χ3v) is 3.73. The van der Waals surface area contributed by atoms with Crippen LogP contribution in [0.5, 0.6) is 0 Å². The zero-order valence-corrected chi connectivity index (χ0v) is 11.4. The lowest BCUT2D eigenvalue weighted by Gasteiger charge is -2.07. The summed E-state index contributed by atoms with van der Waals surface area (Å²) in [5.74, 6) is 0.554. The van der Waals surface area contributed by atoms with Crippen LogP contribution in [0, 0.1) is 10.5 Å². The summed E-state index contributed by atoms with van der Waals surface area (Å²) in [5.41, 5.74) is 1.87. The van der Waals surface area contributed by atoms with Crippen LogP contribution in [0.2, 0.25) is 0 Å². The van der Waals surface area contributed by atoms with Gasteiger partial charge < -0.3 is 5.32 Å². The Morgan fingerprint density at radius 1 is 1.53 bits per heavy atom. The topological polar surface area (TPSA) is 29.1 Å². The van der Waals surface area contributed by atoms with Crippen LogP contribution in [0.15, 0.2) is 18.2 Å². The van der Waals surface area contributed by atoms with Crippen LogP contribution < -0.4 is 5.32 Å². The third kappa shape index (κ3) is 3.65. The highest BCUT2D eigenvalue weighted by atomic mass is 127. The molecule has 0 radical (unpaired) electrons. The number of halogens is 2. The number of carbonyl (C=O) groups excluding carboxylic acids is 1. The Balaban J connectivity index is 2.69. The molecule has 0 fully saturated rings. The van der Waals surface area contributed by atoms with Gasteiger partial charge in [-0.2, -0.15) is 0 Å². The lowest BCUT2D eigenvalue weighted by Crippen LogP contribution is -2.25. The Kier molecular flexibility index (Phi) is 5.39. The molecule has 15 heavy (non-hydrogen) atoms. The molecule has 82 valence electrons. The van der Waals surface area contributed by atoms with E-state index in [9.17, 15) is 4.79 Å². The predicted octanol–water partition coefficient (Wildman–Crippen LogP) is 2.96. The van der Waals surface area contributed by atoms with E-state index < -0.39 is 0 Å². The number of carbonyl (C=O) groups is 1. The van der Waals surface area contributed by atoms with Crippen molar-refractivity contribution in [3.8, 4) is 0 Å². The van der Waals surface area contributed by atoms with Gasteiger partial charge in [-0.25, -0.2) is 0 Å². The summed E-state index contributed by atoms with van der Waals surface area (Å²) in [6.07, 6.45) is 0.801. The molecule has 0 aliphatic carbocycles. The first-order chi connectivity index (χ1) is 7.16. The molecule has 0 aliphatic rings. The van der Waals surface area contributed by atoms with Gasteiger partial charge >= 0.3 is 0 Å². The van der Waals surface area contributed by atoms with Gasteiger partial charge in [0.1, 0.15) is 0 Å². The standard InChI is InChI=1S/C11H13ClINO/c1-8-4-2-5-9(10(8)13)11(15)14-7-3-6-12/h2,4-5H,3,6-7H2,1H3,(H,14,15). The fourth-order valence-electron chi connectivity index (χ4n) is 1.19. The van der Waals surface area contributed by atoms with Gasteiger partial charge in [0.15, 0.2) is 0 Å². The van der Waals surface area contributed by atoms with E-state index in [1.165, 1.54) is 0 Å². The summed E-state index contributed by atoms with van der Waals surface area (Å²) < 4.78 is 1.01. The summed E-state index contributed by atoms with van der Waals surface area (Å²) >= 11 is 7.73. The Bertz CT molecular complexity index is 354. The van der Waals surface area contributed by atoms with Crippen molar-refractivity contribution in [1.29, 1.82) is 0 Å². The Hall–Kier alpha value is -0.290. The predicted molar refractivity (Wildman–Crippen MR) is 71.6 cm³/mol. The zero-order chi connectivity index (χ0) is 11.3. The largest absolute Gasteiger partial charge is 0.352 e. The first kappa shape index (κ1) is 12.8. The van der Waals surface area contributed by atoms with Crippen LogP contribution >= 0.6 is 34.2 Å². The number of hydrogen-bond acceptors (Lipinski definition) is 1. The van der Waals surface area contributed by atoms with E-state index in [0.29, 0.717) is 12.4 Å². The Morgan fingerprint density at radius 3 is 2.93 bits per heavy atom. The summed E-state index contributed by atoms with van der Waals surface area (Å²) in [7, 11) is 0. The summed E-state index contributed by atoms with van der Waals surface area (Å²) in [6, 6.07) is 5.73. The molecule has 2 nitrogen and oxygen atoms in total. The molecular formula is C11H13ClINO. The smallest absolute Gasteiger partial charge is 0.252 e. The average Bonchev–Trinajstić information content (AvgIpc) is 2.22. The first-order valence-electron chi connectivity index (χ1n) is 4.76. The van der Waals surface area contributed by atoms with E-state index in [4.69, 9.17) is 11.6 Å². The lowest BCUT2D eigenvalue weighted by molar-refractivity contribution is 0.0953. The summed E-state index contributed by atoms with van der Waals surface area (Å²) in [5, 5.41) is 2.84. The zero-order valence-electron chi connectivity index (χ0n) is 8.52. The van der Waals surface area contributed by atoms with Crippen molar-refractivity contribution in [2.24, 2.45) is 0 Å². The molecule has 0 bridgehead atoms. The minimum Gasteiger partial charge on any atom is -0.352 e. The van der Waals surface area contributed by atoms with Crippen LogP contribution in [0.4, 0.5) is 0 Å². The van der Waals surface area contributed by atoms with Gasteiger partial charge in [0.05, 0.1) is 5.56 Å². The molecule has 1 amide bonds. The fourth-order valence-corrected chi connectivity index (χ4v) is 1.92. The van der Waals surface area contributed by atoms with Gasteiger partial charge in [-0.1, -0.05) is 12.1 Å². The fraction of sp³-hybridized carbons (Fsp3) is 0.364. The molecule has 4 heteroatoms. The number of alkyl halides is 1. The van der Waals surface area contributed by atoms with Crippen molar-refractivity contribution in [2.45, 2.75) is 13.3 Å². The molecule has 0 saturated heterocycles. The third-order valence-electron chi connectivity index (χ3n) is 2.03. The maximum absolute atomic E-state index is 11.7. The van der Waals surface area contributed by atoms with Gasteiger partial charge in [0.25, 0.3) is 5.91 Å². The van der Waals surface area contributed by atoms with Crippen molar-refractivity contribution in [3.05, 3.63) is 32.9 Å². The van der Waals surface area contributed by atoms with Gasteiger partial charge in [-0.15, -0.1) is 11.6 Å². The highest BCUT2D eigenvalue weighted by Crippen LogP contribution is 2.16. The molecule has 1 rings (SSSR count). The van der Waals surface area contributed by atoms with E-state index in [-0.39, 0.29) is 5.91 Å². The second-order valence-corrected chi connectivity index (χ2v) is 4.69. The van der Waals surface area contributed by atoms with E-state index in [1.807, 2.05) is 25.1 Å². The lowest BCUT2D eigenvalue weighted by atomic mass is 10.1. The second-order valence-electron chi connectivity index (χ2n) is 3.23. The number of rotatable bonds is 4. The van der Waals surface area contributed by atoms with Crippen LogP contribution in [0.3, 0.4) is 0 Å². The molecule has 0 saturated carbocycles. The normalized spacial score (nSPS) is 10.1. The van der Waals surface area contributed by atoms with Crippen molar-refractivity contribution in [2.75, 3.05) is 12.4 Å². The van der Waals surface area contributed by atoms with E-state index in [1.54, 1.807) is 0 Å². The van der Waals surface area contributed by atoms with E-state index >= 15 is 0 Å². The van der Waals surface area contributed by atoms with Crippen LogP contribution in [-0.4, -0.2) is 18.3 Å². The summed E-state index contributed by atoms with van der Waals surface area (Å²) in [4.78, 5) is 11.7. The molecule has 0 unspecified atom stereocenters. The highest BCUT2D eigenvalue weighted by Gasteiger charge is 2.09. The molecule has 0 aliphatic heterocycles. The molecule has 0 atom stereocenters. The number of benzene rings is 1. The average molecular weight is 338 g/mol. The Labute approximate surface area is 109 Å². The second kappa shape index (κ2) is 6.33. The molecule has 0 heterocycles. The van der Waals surface area contributed by atoms with Crippen molar-refractivity contribution < 1.29 is 4.79 Å². The van der Waals surface area contributed by atoms with Crippen molar-refractivity contribution in [1.82, 2.24) is 5.32 Å². The monoisotopic (exact) mass is 337 g/mol. The van der Waals surface area contributed by atoms with Gasteiger partial charge in [0, 0.05) is 16.0 Å². The minimum absolute atomic E-state index is 0.0202. The molecule has 0 spiro atoms. The van der Waals surface area contributed by atoms with E-state index in [2.05, 4.69) is 27.9 Å². The first-order valence-corrected chi connectivity index (χ1v) is 6.37. The highest BCUT2D eigenvalue weighted by molar-refractivity contribution is 14.1. The van der Waals surface area contributed by atoms with Gasteiger partial charge in [-0.05, 0) is 47.6 Å². The van der Waals surface area contributed by atoms with Crippen molar-refractivity contribution in [3.63, 3.8) is 0 Å². The maximum atomic E-state index is 11.7. The van der Waals surface area contributed by atoms with Crippen LogP contribution in [0.1, 0.15) is 22.3 Å². The van der Waals surface area contributed by atoms with Crippen molar-refractivity contribution >= 4 is 40.1 Å². The number of nitrogens with one attached hydrogen (secondary N) is 1. The number of amides is 1. The SMILES string of the molecule is Cc1cccc(C(=O)NCCCCl)c1I. The van der Waals surface area contributed by atoms with Gasteiger partial charge in [0.2, 0.25) is 0 Å². The number of hydrogen-bond donors (Lipinski definition) is 1. The van der Waals surface area contributed by atoms with Crippen LogP contribution in [-0.2, 0) is 0 Å². The molecular weight excluding hydrogens is 324 g/mol. The van der Waals surface area contributed by atoms with E-state index in [0.717, 1.165) is 21.1 Å². The molecule has 0 aromatic heterocycles. The minimum atomic E-state index is -0.0202. The maximum Gasteiger partial charge on any atom is 0.252 e. The number of aryl methyl sites for hydroxylation is 1. The molecule has 1 N–H and O–H groups in total. The summed E-state index contributed by atoms with van der Waals surface area (Å²) in [6.45, 7) is 2.63. The van der Waals surface area contributed by atoms with Gasteiger partial charge in [-0.3, -0.25) is 4.79 Å².